The number of aromatic nitrogens is 1. The van der Waals surface area contributed by atoms with Crippen LogP contribution in [0.25, 0.3) is 0 Å². The van der Waals surface area contributed by atoms with Crippen molar-refractivity contribution in [1.29, 1.82) is 0 Å². The van der Waals surface area contributed by atoms with Gasteiger partial charge in [0.15, 0.2) is 0 Å². The van der Waals surface area contributed by atoms with Crippen molar-refractivity contribution in [2.75, 3.05) is 7.11 Å². The molecule has 0 aliphatic carbocycles. The van der Waals surface area contributed by atoms with Crippen LogP contribution >= 0.6 is 22.6 Å². The zero-order valence-electron chi connectivity index (χ0n) is 9.96. The number of halogens is 1. The Morgan fingerprint density at radius 3 is 2.68 bits per heavy atom. The van der Waals surface area contributed by atoms with Crippen molar-refractivity contribution in [3.63, 3.8) is 0 Å². The van der Waals surface area contributed by atoms with Gasteiger partial charge in [0.2, 0.25) is 5.88 Å². The monoisotopic (exact) mass is 371 g/mol. The third-order valence-corrected chi connectivity index (χ3v) is 3.00. The number of hydrogen-bond donors (Lipinski definition) is 1. The fourth-order valence-corrected chi connectivity index (χ4v) is 1.91. The van der Waals surface area contributed by atoms with Crippen LogP contribution in [-0.4, -0.2) is 23.2 Å². The van der Waals surface area contributed by atoms with Crippen molar-refractivity contribution in [2.45, 2.75) is 0 Å². The quantitative estimate of drug-likeness (QED) is 0.837. The average molecular weight is 371 g/mol. The summed E-state index contributed by atoms with van der Waals surface area (Å²) in [6.07, 6.45) is 1.50. The molecule has 0 unspecified atom stereocenters. The summed E-state index contributed by atoms with van der Waals surface area (Å²) >= 11 is 2.04. The lowest BCUT2D eigenvalue weighted by atomic mass is 10.2. The fraction of sp³-hybridized carbons (Fsp3) is 0.0769. The molecule has 1 heterocycles. The molecule has 0 aliphatic rings. The molecule has 2 aromatic rings. The first-order chi connectivity index (χ1) is 9.10. The minimum absolute atomic E-state index is 0.101. The van der Waals surface area contributed by atoms with Crippen LogP contribution in [0.4, 0.5) is 0 Å². The van der Waals surface area contributed by atoms with Gasteiger partial charge >= 0.3 is 5.97 Å². The highest BCUT2D eigenvalue weighted by molar-refractivity contribution is 14.1. The Balaban J connectivity index is 2.29. The number of carbonyl (C=O) groups is 1. The lowest BCUT2D eigenvalue weighted by Gasteiger charge is -2.08. The molecule has 0 radical (unpaired) electrons. The van der Waals surface area contributed by atoms with Crippen LogP contribution in [0.2, 0.25) is 0 Å². The van der Waals surface area contributed by atoms with Crippen molar-refractivity contribution in [3.05, 3.63) is 45.7 Å². The molecule has 0 fully saturated rings. The number of carboxylic acid groups (broad SMARTS) is 1. The molecule has 0 spiro atoms. The molecular weight excluding hydrogens is 361 g/mol. The highest BCUT2D eigenvalue weighted by atomic mass is 127. The first-order valence-electron chi connectivity index (χ1n) is 5.31. The predicted molar refractivity (Wildman–Crippen MR) is 77.0 cm³/mol. The molecule has 0 saturated heterocycles. The number of aromatic carboxylic acids is 1. The normalized spacial score (nSPS) is 10.0. The summed E-state index contributed by atoms with van der Waals surface area (Å²) < 4.78 is 11.3. The van der Waals surface area contributed by atoms with Crippen molar-refractivity contribution < 1.29 is 19.4 Å². The van der Waals surface area contributed by atoms with Gasteiger partial charge in [0.1, 0.15) is 17.1 Å². The molecular formula is C13H10INO4. The van der Waals surface area contributed by atoms with Crippen LogP contribution in [0.15, 0.2) is 36.5 Å². The van der Waals surface area contributed by atoms with E-state index in [1.165, 1.54) is 6.20 Å². The largest absolute Gasteiger partial charge is 0.495 e. The molecule has 0 amide bonds. The molecule has 2 rings (SSSR count). The van der Waals surface area contributed by atoms with Crippen molar-refractivity contribution in [3.8, 4) is 17.4 Å². The fourth-order valence-electron chi connectivity index (χ4n) is 1.42. The van der Waals surface area contributed by atoms with Crippen LogP contribution in [0.5, 0.6) is 17.4 Å². The number of methoxy groups -OCH3 is 1. The van der Waals surface area contributed by atoms with Crippen LogP contribution in [0, 0.1) is 3.57 Å². The minimum atomic E-state index is -1.04. The van der Waals surface area contributed by atoms with Gasteiger partial charge in [-0.05, 0) is 46.9 Å². The third-order valence-electron chi connectivity index (χ3n) is 2.33. The van der Waals surface area contributed by atoms with E-state index in [0.29, 0.717) is 11.6 Å². The Morgan fingerprint density at radius 2 is 2.11 bits per heavy atom. The first kappa shape index (κ1) is 13.6. The van der Waals surface area contributed by atoms with E-state index in [2.05, 4.69) is 4.98 Å². The Kier molecular flexibility index (Phi) is 4.20. The smallest absolute Gasteiger partial charge is 0.339 e. The predicted octanol–water partition coefficient (Wildman–Crippen LogP) is 3.19. The SMILES string of the molecule is COc1ccc(Oc2ccc(I)cc2C(=O)O)nc1. The summed E-state index contributed by atoms with van der Waals surface area (Å²) in [5.74, 6) is 0.130. The summed E-state index contributed by atoms with van der Waals surface area (Å²) in [6.45, 7) is 0. The molecule has 1 N–H and O–H groups in total. The van der Waals surface area contributed by atoms with Crippen molar-refractivity contribution >= 4 is 28.6 Å². The second-order valence-electron chi connectivity index (χ2n) is 3.58. The van der Waals surface area contributed by atoms with E-state index in [9.17, 15) is 4.79 Å². The summed E-state index contributed by atoms with van der Waals surface area (Å²) in [6, 6.07) is 8.22. The van der Waals surface area contributed by atoms with Crippen LogP contribution in [-0.2, 0) is 0 Å². The highest BCUT2D eigenvalue weighted by Crippen LogP contribution is 2.26. The Hall–Kier alpha value is -1.83. The molecule has 0 aliphatic heterocycles. The number of ether oxygens (including phenoxy) is 2. The number of rotatable bonds is 4. The van der Waals surface area contributed by atoms with E-state index >= 15 is 0 Å². The van der Waals surface area contributed by atoms with Gasteiger partial charge in [-0.3, -0.25) is 0 Å². The summed E-state index contributed by atoms with van der Waals surface area (Å²) in [4.78, 5) is 15.2. The molecule has 1 aromatic heterocycles. The maximum atomic E-state index is 11.1. The number of hydrogen-bond acceptors (Lipinski definition) is 4. The summed E-state index contributed by atoms with van der Waals surface area (Å²) in [5, 5.41) is 9.13. The van der Waals surface area contributed by atoms with E-state index in [-0.39, 0.29) is 11.3 Å². The van der Waals surface area contributed by atoms with Gasteiger partial charge < -0.3 is 14.6 Å². The zero-order valence-corrected chi connectivity index (χ0v) is 12.1. The summed E-state index contributed by atoms with van der Waals surface area (Å²) in [7, 11) is 1.54. The minimum Gasteiger partial charge on any atom is -0.495 e. The standard InChI is InChI=1S/C13H10INO4/c1-18-9-3-5-12(15-7-9)19-11-4-2-8(14)6-10(11)13(16)17/h2-7H,1H3,(H,16,17). The Morgan fingerprint density at radius 1 is 1.32 bits per heavy atom. The van der Waals surface area contributed by atoms with Crippen molar-refractivity contribution in [1.82, 2.24) is 4.98 Å². The first-order valence-corrected chi connectivity index (χ1v) is 6.39. The molecule has 0 atom stereocenters. The van der Waals surface area contributed by atoms with Gasteiger partial charge in [-0.1, -0.05) is 0 Å². The second kappa shape index (κ2) is 5.87. The van der Waals surface area contributed by atoms with Gasteiger partial charge in [0, 0.05) is 9.64 Å². The maximum absolute atomic E-state index is 11.1. The zero-order chi connectivity index (χ0) is 13.8. The van der Waals surface area contributed by atoms with E-state index in [4.69, 9.17) is 14.6 Å². The van der Waals surface area contributed by atoms with Crippen LogP contribution in [0.3, 0.4) is 0 Å². The van der Waals surface area contributed by atoms with Gasteiger partial charge in [-0.25, -0.2) is 9.78 Å². The number of benzene rings is 1. The van der Waals surface area contributed by atoms with Gasteiger partial charge in [0.05, 0.1) is 13.3 Å². The van der Waals surface area contributed by atoms with E-state index in [1.54, 1.807) is 37.4 Å². The Labute approximate surface area is 123 Å². The van der Waals surface area contributed by atoms with Crippen LogP contribution in [0.1, 0.15) is 10.4 Å². The van der Waals surface area contributed by atoms with Crippen molar-refractivity contribution in [2.24, 2.45) is 0 Å². The number of carboxylic acids is 1. The lowest BCUT2D eigenvalue weighted by Crippen LogP contribution is -2.01. The third kappa shape index (κ3) is 3.34. The van der Waals surface area contributed by atoms with E-state index in [0.717, 1.165) is 3.57 Å². The second-order valence-corrected chi connectivity index (χ2v) is 4.83. The maximum Gasteiger partial charge on any atom is 0.339 e. The molecule has 98 valence electrons. The Bertz CT molecular complexity index is 598. The van der Waals surface area contributed by atoms with E-state index < -0.39 is 5.97 Å². The molecule has 6 heteroatoms. The van der Waals surface area contributed by atoms with Gasteiger partial charge in [-0.2, -0.15) is 0 Å². The lowest BCUT2D eigenvalue weighted by molar-refractivity contribution is 0.0694. The molecule has 5 nitrogen and oxygen atoms in total. The van der Waals surface area contributed by atoms with Crippen LogP contribution < -0.4 is 9.47 Å². The number of pyridine rings is 1. The average Bonchev–Trinajstić information content (AvgIpc) is 2.41. The highest BCUT2D eigenvalue weighted by Gasteiger charge is 2.13. The molecule has 1 aromatic carbocycles. The summed E-state index contributed by atoms with van der Waals surface area (Å²) in [5.41, 5.74) is 0.101. The van der Waals surface area contributed by atoms with Gasteiger partial charge in [-0.15, -0.1) is 0 Å². The topological polar surface area (TPSA) is 68.7 Å². The van der Waals surface area contributed by atoms with E-state index in [1.807, 2.05) is 22.6 Å². The number of nitrogens with zero attached hydrogens (tertiary/aromatic N) is 1. The molecule has 19 heavy (non-hydrogen) atoms. The molecule has 0 saturated carbocycles. The van der Waals surface area contributed by atoms with Gasteiger partial charge in [0.25, 0.3) is 0 Å². The molecule has 0 bridgehead atoms.